The lowest BCUT2D eigenvalue weighted by molar-refractivity contribution is -0.138. The van der Waals surface area contributed by atoms with Gasteiger partial charge in [0.05, 0.1) is 17.2 Å². The Balaban J connectivity index is 1.19. The third-order valence-corrected chi connectivity index (χ3v) is 8.13. The summed E-state index contributed by atoms with van der Waals surface area (Å²) in [5.74, 6) is -2.54. The van der Waals surface area contributed by atoms with Gasteiger partial charge >= 0.3 is 0 Å². The van der Waals surface area contributed by atoms with Crippen molar-refractivity contribution < 1.29 is 13.6 Å². The van der Waals surface area contributed by atoms with E-state index in [0.717, 1.165) is 68.5 Å². The Bertz CT molecular complexity index is 1200. The van der Waals surface area contributed by atoms with Crippen LogP contribution in [0.1, 0.15) is 49.8 Å². The minimum atomic E-state index is -2.89. The van der Waals surface area contributed by atoms with Gasteiger partial charge in [-0.15, -0.1) is 0 Å². The van der Waals surface area contributed by atoms with Gasteiger partial charge in [-0.3, -0.25) is 9.69 Å². The number of halogens is 2. The zero-order chi connectivity index (χ0) is 25.3. The highest BCUT2D eigenvalue weighted by Crippen LogP contribution is 2.35. The smallest absolute Gasteiger partial charge is 0.270 e. The molecule has 0 saturated carbocycles. The van der Waals surface area contributed by atoms with E-state index in [1.54, 1.807) is 18.5 Å². The number of benzene rings is 1. The van der Waals surface area contributed by atoms with Gasteiger partial charge in [0.1, 0.15) is 0 Å². The molecule has 0 aliphatic carbocycles. The first-order valence-electron chi connectivity index (χ1n) is 12.5. The van der Waals surface area contributed by atoms with Crippen LogP contribution >= 0.6 is 11.8 Å². The summed E-state index contributed by atoms with van der Waals surface area (Å²) in [6.07, 6.45) is 8.91. The summed E-state index contributed by atoms with van der Waals surface area (Å²) < 4.78 is 29.9. The van der Waals surface area contributed by atoms with Gasteiger partial charge in [0.15, 0.2) is 5.16 Å². The fraction of sp³-hybridized carbons (Fsp3) is 0.538. The van der Waals surface area contributed by atoms with E-state index in [1.165, 1.54) is 23.9 Å². The van der Waals surface area contributed by atoms with E-state index in [1.807, 2.05) is 17.2 Å². The Hall–Kier alpha value is -2.59. The van der Waals surface area contributed by atoms with Crippen molar-refractivity contribution in [2.24, 2.45) is 5.92 Å². The quantitative estimate of drug-likeness (QED) is 0.443. The Morgan fingerprint density at radius 1 is 1.08 bits per heavy atom. The van der Waals surface area contributed by atoms with Crippen molar-refractivity contribution in [1.29, 1.82) is 0 Å². The number of hydrogen-bond acceptors (Lipinski definition) is 6. The maximum absolute atomic E-state index is 13.8. The molecule has 0 radical (unpaired) electrons. The van der Waals surface area contributed by atoms with Gasteiger partial charge in [-0.1, -0.05) is 17.8 Å². The predicted molar refractivity (Wildman–Crippen MR) is 136 cm³/mol. The van der Waals surface area contributed by atoms with Crippen LogP contribution in [0.3, 0.4) is 0 Å². The number of alkyl halides is 2. The molecule has 2 aliphatic rings. The highest BCUT2D eigenvalue weighted by molar-refractivity contribution is 7.98. The van der Waals surface area contributed by atoms with Crippen LogP contribution in [0.25, 0.3) is 11.0 Å². The molecule has 7 nitrogen and oxygen atoms in total. The van der Waals surface area contributed by atoms with Gasteiger partial charge in [-0.25, -0.2) is 13.8 Å². The number of thioether (sulfide) groups is 1. The Morgan fingerprint density at radius 2 is 1.83 bits per heavy atom. The van der Waals surface area contributed by atoms with Gasteiger partial charge in [0, 0.05) is 50.3 Å². The van der Waals surface area contributed by atoms with Crippen molar-refractivity contribution >= 4 is 28.7 Å². The number of hydrogen-bond donors (Lipinski definition) is 0. The molecule has 0 atom stereocenters. The fourth-order valence-electron chi connectivity index (χ4n) is 5.46. The molecule has 0 spiro atoms. The van der Waals surface area contributed by atoms with Gasteiger partial charge in [-0.05, 0) is 68.8 Å². The number of aromatic nitrogens is 4. The first-order valence-corrected chi connectivity index (χ1v) is 13.8. The maximum Gasteiger partial charge on any atom is 0.270 e. The van der Waals surface area contributed by atoms with E-state index in [9.17, 15) is 13.6 Å². The second kappa shape index (κ2) is 10.4. The second-order valence-electron chi connectivity index (χ2n) is 9.92. The van der Waals surface area contributed by atoms with Crippen LogP contribution in [-0.4, -0.2) is 67.9 Å². The van der Waals surface area contributed by atoms with Crippen molar-refractivity contribution in [2.45, 2.75) is 56.3 Å². The second-order valence-corrected chi connectivity index (χ2v) is 10.7. The first kappa shape index (κ1) is 25.1. The Morgan fingerprint density at radius 3 is 2.47 bits per heavy atom. The van der Waals surface area contributed by atoms with Crippen molar-refractivity contribution in [2.75, 3.05) is 32.4 Å². The van der Waals surface area contributed by atoms with Crippen molar-refractivity contribution in [3.63, 3.8) is 0 Å². The number of nitrogens with zero attached hydrogens (tertiary/aromatic N) is 6. The van der Waals surface area contributed by atoms with Gasteiger partial charge in [-0.2, -0.15) is 10.2 Å². The lowest BCUT2D eigenvalue weighted by atomic mass is 9.93. The zero-order valence-corrected chi connectivity index (χ0v) is 21.6. The third kappa shape index (κ3) is 5.25. The number of carbonyl (C=O) groups excluding carboxylic acids is 1. The number of likely N-dealkylation sites (tertiary alicyclic amines) is 2. The molecule has 192 valence electrons. The normalized spacial score (nSPS) is 18.7. The van der Waals surface area contributed by atoms with E-state index in [-0.39, 0.29) is 23.4 Å². The van der Waals surface area contributed by atoms with Crippen molar-refractivity contribution in [3.8, 4) is 0 Å². The van der Waals surface area contributed by atoms with Crippen LogP contribution in [0.4, 0.5) is 8.78 Å². The summed E-state index contributed by atoms with van der Waals surface area (Å²) in [7, 11) is 0. The lowest BCUT2D eigenvalue weighted by Gasteiger charge is -2.38. The van der Waals surface area contributed by atoms with Crippen LogP contribution in [0.15, 0.2) is 41.8 Å². The summed E-state index contributed by atoms with van der Waals surface area (Å²) in [5.41, 5.74) is 2.62. The van der Waals surface area contributed by atoms with Crippen LogP contribution < -0.4 is 0 Å². The fourth-order valence-corrected chi connectivity index (χ4v) is 6.09. The number of fused-ring (bicyclic) bond motifs is 1. The number of carbonyl (C=O) groups is 1. The molecule has 0 N–H and O–H groups in total. The number of imidazole rings is 1. The molecule has 1 aromatic carbocycles. The SMILES string of the molecule is CSc1nc2cc(C(C)(F)F)ccc2n1C1CCN(C(=O)C2CCN(Cc3ccnnc3)CC2)CC1. The lowest BCUT2D eigenvalue weighted by Crippen LogP contribution is -2.45. The molecule has 2 aromatic heterocycles. The van der Waals surface area contributed by atoms with E-state index in [4.69, 9.17) is 0 Å². The molecular formula is C26H32F2N6OS. The molecule has 10 heteroatoms. The van der Waals surface area contributed by atoms with Crippen LogP contribution in [0.5, 0.6) is 0 Å². The topological polar surface area (TPSA) is 67.2 Å². The van der Waals surface area contributed by atoms with E-state index >= 15 is 0 Å². The molecule has 0 unspecified atom stereocenters. The predicted octanol–water partition coefficient (Wildman–Crippen LogP) is 4.74. The molecule has 2 aliphatic heterocycles. The summed E-state index contributed by atoms with van der Waals surface area (Å²) in [5, 5.41) is 8.61. The number of amides is 1. The molecule has 1 amide bonds. The Kier molecular flexibility index (Phi) is 7.25. The van der Waals surface area contributed by atoms with Crippen molar-refractivity contribution in [1.82, 2.24) is 29.5 Å². The number of rotatable bonds is 6. The average Bonchev–Trinajstić information content (AvgIpc) is 3.27. The van der Waals surface area contributed by atoms with Gasteiger partial charge in [0.25, 0.3) is 5.92 Å². The average molecular weight is 515 g/mol. The molecule has 36 heavy (non-hydrogen) atoms. The molecule has 4 heterocycles. The monoisotopic (exact) mass is 514 g/mol. The highest BCUT2D eigenvalue weighted by atomic mass is 32.2. The summed E-state index contributed by atoms with van der Waals surface area (Å²) >= 11 is 1.53. The molecule has 3 aromatic rings. The summed E-state index contributed by atoms with van der Waals surface area (Å²) in [6, 6.07) is 6.95. The summed E-state index contributed by atoms with van der Waals surface area (Å²) in [6.45, 7) is 5.00. The zero-order valence-electron chi connectivity index (χ0n) is 20.7. The van der Waals surface area contributed by atoms with Crippen LogP contribution in [0, 0.1) is 5.92 Å². The number of piperidine rings is 2. The summed E-state index contributed by atoms with van der Waals surface area (Å²) in [4.78, 5) is 22.3. The molecular weight excluding hydrogens is 482 g/mol. The van der Waals surface area contributed by atoms with E-state index in [0.29, 0.717) is 18.6 Å². The Labute approximate surface area is 214 Å². The largest absolute Gasteiger partial charge is 0.342 e. The van der Waals surface area contributed by atoms with Gasteiger partial charge in [0.2, 0.25) is 5.91 Å². The van der Waals surface area contributed by atoms with Crippen molar-refractivity contribution in [3.05, 3.63) is 47.8 Å². The standard InChI is InChI=1S/C26H32F2N6OS/c1-26(27,28)20-3-4-23-22(15-20)31-25(36-2)34(23)21-8-13-33(14-9-21)24(35)19-6-11-32(12-7-19)17-18-5-10-29-30-16-18/h3-5,10,15-16,19,21H,6-9,11-14,17H2,1-2H3. The molecule has 0 bridgehead atoms. The van der Waals surface area contributed by atoms with E-state index < -0.39 is 5.92 Å². The van der Waals surface area contributed by atoms with E-state index in [2.05, 4.69) is 24.6 Å². The minimum absolute atomic E-state index is 0.0174. The molecule has 2 saturated heterocycles. The highest BCUT2D eigenvalue weighted by Gasteiger charge is 2.33. The minimum Gasteiger partial charge on any atom is -0.342 e. The maximum atomic E-state index is 13.8. The van der Waals surface area contributed by atoms with Crippen LogP contribution in [-0.2, 0) is 17.3 Å². The third-order valence-electron chi connectivity index (χ3n) is 7.48. The molecule has 5 rings (SSSR count). The van der Waals surface area contributed by atoms with Gasteiger partial charge < -0.3 is 9.47 Å². The van der Waals surface area contributed by atoms with Crippen LogP contribution in [0.2, 0.25) is 0 Å². The molecule has 2 fully saturated rings. The first-order chi connectivity index (χ1) is 17.3.